The summed E-state index contributed by atoms with van der Waals surface area (Å²) in [5.74, 6) is 2.64. The Labute approximate surface area is 89.5 Å². The largest absolute Gasteiger partial charge is 0.330 e. The molecule has 0 amide bonds. The van der Waals surface area contributed by atoms with Crippen molar-refractivity contribution in [2.45, 2.75) is 53.4 Å². The van der Waals surface area contributed by atoms with E-state index in [0.717, 1.165) is 24.3 Å². The third kappa shape index (κ3) is 2.13. The molecule has 1 aliphatic carbocycles. The van der Waals surface area contributed by atoms with Crippen LogP contribution in [0, 0.1) is 23.2 Å². The van der Waals surface area contributed by atoms with Crippen LogP contribution in [0.15, 0.2) is 0 Å². The van der Waals surface area contributed by atoms with Crippen LogP contribution in [0.25, 0.3) is 0 Å². The van der Waals surface area contributed by atoms with Crippen molar-refractivity contribution in [3.63, 3.8) is 0 Å². The van der Waals surface area contributed by atoms with Crippen LogP contribution >= 0.6 is 0 Å². The number of rotatable bonds is 6. The van der Waals surface area contributed by atoms with Crippen molar-refractivity contribution >= 4 is 0 Å². The zero-order chi connectivity index (χ0) is 10.8. The van der Waals surface area contributed by atoms with E-state index in [-0.39, 0.29) is 0 Å². The van der Waals surface area contributed by atoms with E-state index < -0.39 is 0 Å². The molecule has 0 radical (unpaired) electrons. The highest BCUT2D eigenvalue weighted by Gasteiger charge is 2.58. The fraction of sp³-hybridized carbons (Fsp3) is 1.00. The average Bonchev–Trinajstić information content (AvgIpc) is 2.67. The molecule has 0 aromatic rings. The molecule has 1 rings (SSSR count). The van der Waals surface area contributed by atoms with Crippen molar-refractivity contribution < 1.29 is 0 Å². The van der Waals surface area contributed by atoms with Crippen LogP contribution in [0.1, 0.15) is 53.4 Å². The van der Waals surface area contributed by atoms with Gasteiger partial charge in [-0.25, -0.2) is 0 Å². The zero-order valence-corrected chi connectivity index (χ0v) is 10.3. The molecule has 1 fully saturated rings. The minimum absolute atomic E-state index is 0.532. The monoisotopic (exact) mass is 197 g/mol. The molecule has 1 heteroatoms. The quantitative estimate of drug-likeness (QED) is 0.693. The Bertz CT molecular complexity index is 168. The lowest BCUT2D eigenvalue weighted by Gasteiger charge is -2.16. The average molecular weight is 197 g/mol. The van der Waals surface area contributed by atoms with Gasteiger partial charge in [-0.3, -0.25) is 0 Å². The molecule has 2 N–H and O–H groups in total. The SMILES string of the molecule is CCCC(CCC)C1C(CN)C1(C)C. The molecule has 2 unspecified atom stereocenters. The molecule has 1 aliphatic rings. The Morgan fingerprint density at radius 2 is 1.64 bits per heavy atom. The summed E-state index contributed by atoms with van der Waals surface area (Å²) in [6.07, 6.45) is 5.46. The van der Waals surface area contributed by atoms with Crippen molar-refractivity contribution in [3.8, 4) is 0 Å². The Morgan fingerprint density at radius 1 is 1.14 bits per heavy atom. The van der Waals surface area contributed by atoms with Gasteiger partial charge >= 0.3 is 0 Å². The van der Waals surface area contributed by atoms with Crippen molar-refractivity contribution in [2.75, 3.05) is 6.54 Å². The minimum atomic E-state index is 0.532. The Hall–Kier alpha value is -0.0400. The Balaban J connectivity index is 2.53. The van der Waals surface area contributed by atoms with Crippen molar-refractivity contribution in [1.82, 2.24) is 0 Å². The van der Waals surface area contributed by atoms with E-state index in [9.17, 15) is 0 Å². The lowest BCUT2D eigenvalue weighted by atomic mass is 9.89. The highest BCUT2D eigenvalue weighted by Crippen LogP contribution is 2.62. The Morgan fingerprint density at radius 3 is 1.93 bits per heavy atom. The molecular formula is C13H27N. The van der Waals surface area contributed by atoms with Crippen LogP contribution in [0.4, 0.5) is 0 Å². The van der Waals surface area contributed by atoms with Gasteiger partial charge in [0.25, 0.3) is 0 Å². The van der Waals surface area contributed by atoms with Crippen molar-refractivity contribution in [3.05, 3.63) is 0 Å². The standard InChI is InChI=1S/C13H27N/c1-5-7-10(8-6-2)12-11(9-14)13(12,3)4/h10-12H,5-9,14H2,1-4H3. The molecule has 0 heterocycles. The minimum Gasteiger partial charge on any atom is -0.330 e. The van der Waals surface area contributed by atoms with Gasteiger partial charge in [0.1, 0.15) is 0 Å². The molecule has 1 saturated carbocycles. The predicted octanol–water partition coefficient (Wildman–Crippen LogP) is 3.43. The maximum Gasteiger partial charge on any atom is -0.00407 e. The lowest BCUT2D eigenvalue weighted by Crippen LogP contribution is -2.09. The smallest absolute Gasteiger partial charge is 0.00407 e. The molecule has 14 heavy (non-hydrogen) atoms. The molecule has 1 nitrogen and oxygen atoms in total. The van der Waals surface area contributed by atoms with E-state index in [4.69, 9.17) is 5.73 Å². The Kier molecular flexibility index (Phi) is 4.00. The molecule has 0 aromatic heterocycles. The van der Waals surface area contributed by atoms with E-state index in [1.54, 1.807) is 0 Å². The van der Waals surface area contributed by atoms with Crippen LogP contribution in [-0.2, 0) is 0 Å². The van der Waals surface area contributed by atoms with Crippen LogP contribution in [0.5, 0.6) is 0 Å². The van der Waals surface area contributed by atoms with Gasteiger partial charge in [-0.2, -0.15) is 0 Å². The molecule has 0 saturated heterocycles. The summed E-state index contributed by atoms with van der Waals surface area (Å²) in [6, 6.07) is 0. The molecule has 2 atom stereocenters. The van der Waals surface area contributed by atoms with E-state index in [0.29, 0.717) is 5.41 Å². The van der Waals surface area contributed by atoms with E-state index in [2.05, 4.69) is 27.7 Å². The zero-order valence-electron chi connectivity index (χ0n) is 10.3. The lowest BCUT2D eigenvalue weighted by molar-refractivity contribution is 0.340. The van der Waals surface area contributed by atoms with E-state index >= 15 is 0 Å². The van der Waals surface area contributed by atoms with Crippen LogP contribution in [-0.4, -0.2) is 6.54 Å². The van der Waals surface area contributed by atoms with Crippen LogP contribution in [0.2, 0.25) is 0 Å². The number of hydrogen-bond acceptors (Lipinski definition) is 1. The van der Waals surface area contributed by atoms with Gasteiger partial charge in [-0.15, -0.1) is 0 Å². The maximum absolute atomic E-state index is 5.83. The highest BCUT2D eigenvalue weighted by atomic mass is 14.7. The fourth-order valence-corrected chi connectivity index (χ4v) is 3.42. The topological polar surface area (TPSA) is 26.0 Å². The fourth-order valence-electron chi connectivity index (χ4n) is 3.42. The van der Waals surface area contributed by atoms with E-state index in [1.165, 1.54) is 25.7 Å². The third-order valence-electron chi connectivity index (χ3n) is 4.22. The first-order chi connectivity index (χ1) is 6.59. The summed E-state index contributed by atoms with van der Waals surface area (Å²) >= 11 is 0. The summed E-state index contributed by atoms with van der Waals surface area (Å²) in [5.41, 5.74) is 6.36. The van der Waals surface area contributed by atoms with Gasteiger partial charge in [0.2, 0.25) is 0 Å². The molecule has 0 aliphatic heterocycles. The highest BCUT2D eigenvalue weighted by molar-refractivity contribution is 5.07. The number of hydrogen-bond donors (Lipinski definition) is 1. The third-order valence-corrected chi connectivity index (χ3v) is 4.22. The van der Waals surface area contributed by atoms with Gasteiger partial charge < -0.3 is 5.73 Å². The second-order valence-corrected chi connectivity index (χ2v) is 5.53. The van der Waals surface area contributed by atoms with Gasteiger partial charge in [0, 0.05) is 0 Å². The number of nitrogens with two attached hydrogens (primary N) is 1. The van der Waals surface area contributed by atoms with Gasteiger partial charge in [-0.05, 0) is 29.7 Å². The first-order valence-electron chi connectivity index (χ1n) is 6.29. The van der Waals surface area contributed by atoms with Gasteiger partial charge in [-0.1, -0.05) is 53.4 Å². The molecule has 0 aromatic carbocycles. The van der Waals surface area contributed by atoms with E-state index in [1.807, 2.05) is 0 Å². The van der Waals surface area contributed by atoms with Crippen LogP contribution in [0.3, 0.4) is 0 Å². The normalized spacial score (nSPS) is 29.6. The molecule has 84 valence electrons. The summed E-state index contributed by atoms with van der Waals surface area (Å²) in [5, 5.41) is 0. The first kappa shape index (κ1) is 12.0. The molecule has 0 bridgehead atoms. The van der Waals surface area contributed by atoms with Crippen molar-refractivity contribution in [2.24, 2.45) is 28.9 Å². The predicted molar refractivity (Wildman–Crippen MR) is 63.1 cm³/mol. The van der Waals surface area contributed by atoms with Gasteiger partial charge in [0.15, 0.2) is 0 Å². The summed E-state index contributed by atoms with van der Waals surface area (Å²) in [6.45, 7) is 10.3. The summed E-state index contributed by atoms with van der Waals surface area (Å²) in [4.78, 5) is 0. The van der Waals surface area contributed by atoms with Crippen LogP contribution < -0.4 is 5.73 Å². The molecule has 0 spiro atoms. The van der Waals surface area contributed by atoms with Crippen molar-refractivity contribution in [1.29, 1.82) is 0 Å². The summed E-state index contributed by atoms with van der Waals surface area (Å²) < 4.78 is 0. The first-order valence-corrected chi connectivity index (χ1v) is 6.29. The summed E-state index contributed by atoms with van der Waals surface area (Å²) in [7, 11) is 0. The second-order valence-electron chi connectivity index (χ2n) is 5.53. The van der Waals surface area contributed by atoms with Gasteiger partial charge in [0.05, 0.1) is 0 Å². The second kappa shape index (κ2) is 4.65. The maximum atomic E-state index is 5.83. The molecular weight excluding hydrogens is 170 g/mol.